The van der Waals surface area contributed by atoms with Crippen LogP contribution in [0.15, 0.2) is 71.8 Å². The quantitative estimate of drug-likeness (QED) is 0.289. The molecule has 13 nitrogen and oxygen atoms in total. The van der Waals surface area contributed by atoms with E-state index in [4.69, 9.17) is 9.47 Å². The zero-order valence-electron chi connectivity index (χ0n) is 26.1. The number of pyridine rings is 1. The molecule has 0 saturated carbocycles. The molecule has 14 heteroatoms. The van der Waals surface area contributed by atoms with Gasteiger partial charge in [0, 0.05) is 62.1 Å². The van der Waals surface area contributed by atoms with Gasteiger partial charge in [-0.25, -0.2) is 14.4 Å². The van der Waals surface area contributed by atoms with E-state index in [1.807, 2.05) is 12.1 Å². The lowest BCUT2D eigenvalue weighted by molar-refractivity contribution is -0.0660. The van der Waals surface area contributed by atoms with Crippen LogP contribution in [0.1, 0.15) is 22.5 Å². The molecular weight excluding hydrogens is 617 g/mol. The number of anilines is 3. The fourth-order valence-corrected chi connectivity index (χ4v) is 6.13. The average molecular weight is 652 g/mol. The summed E-state index contributed by atoms with van der Waals surface area (Å²) in [5.41, 5.74) is 2.46. The largest absolute Gasteiger partial charge is 0.486 e. The number of benzene rings is 2. The number of hydrogen-bond donors (Lipinski definition) is 2. The minimum absolute atomic E-state index is 0.103. The maximum Gasteiger partial charge on any atom is 0.270 e. The molecule has 2 N–H and O–H groups in total. The van der Waals surface area contributed by atoms with E-state index < -0.39 is 23.7 Å². The zero-order chi connectivity index (χ0) is 33.0. The van der Waals surface area contributed by atoms with Crippen LogP contribution in [0.5, 0.6) is 5.75 Å². The molecule has 1 amide bonds. The van der Waals surface area contributed by atoms with Gasteiger partial charge in [-0.15, -0.1) is 0 Å². The Hall–Kier alpha value is -5.39. The number of H-pyrrole nitrogens is 1. The number of alkyl halides is 1. The molecule has 7 rings (SSSR count). The van der Waals surface area contributed by atoms with Gasteiger partial charge in [-0.1, -0.05) is 6.07 Å². The third kappa shape index (κ3) is 6.83. The number of aromatic nitrogens is 4. The summed E-state index contributed by atoms with van der Waals surface area (Å²) in [7, 11) is 0. The number of rotatable bonds is 8. The Morgan fingerprint density at radius 2 is 1.85 bits per heavy atom. The molecule has 0 unspecified atom stereocenters. The van der Waals surface area contributed by atoms with Crippen molar-refractivity contribution in [3.8, 4) is 23.2 Å². The molecular formula is C34H34FN9O4. The summed E-state index contributed by atoms with van der Waals surface area (Å²) in [4.78, 5) is 46.1. The average Bonchev–Trinajstić information content (AvgIpc) is 3.09. The first kappa shape index (κ1) is 31.2. The fraction of sp³-hybridized carbons (Fsp3) is 0.353. The zero-order valence-corrected chi connectivity index (χ0v) is 26.1. The number of halogens is 1. The molecule has 3 fully saturated rings. The van der Waals surface area contributed by atoms with Crippen LogP contribution in [0.3, 0.4) is 0 Å². The predicted molar refractivity (Wildman–Crippen MR) is 175 cm³/mol. The number of ether oxygens (including phenoxy) is 2. The molecule has 4 aromatic rings. The molecule has 3 aliphatic rings. The number of nitrogens with one attached hydrogen (secondary N) is 2. The van der Waals surface area contributed by atoms with Crippen molar-refractivity contribution in [3.05, 3.63) is 88.6 Å². The van der Waals surface area contributed by atoms with Crippen molar-refractivity contribution in [2.24, 2.45) is 0 Å². The summed E-state index contributed by atoms with van der Waals surface area (Å²) in [5.74, 6) is 0.482. The standard InChI is InChI=1S/C34H34FN9O4/c35-27-18-44(33(46)28-2-1-3-31(45)40-28)11-10-30(27)48-29-9-4-22(16-23(29)17-36)32-37-21-38-34(41-32)39-24-5-7-25(8-6-24)42-12-14-43(15-13-42)26-19-47-20-26/h1-9,16,21,26-27,30H,10-15,18-20H2,(H,40,45)(H,37,38,39,41)/t27-,30-/m0/s1. The van der Waals surface area contributed by atoms with Crippen molar-refractivity contribution >= 4 is 23.2 Å². The third-order valence-electron chi connectivity index (χ3n) is 8.92. The van der Waals surface area contributed by atoms with E-state index in [9.17, 15) is 14.9 Å². The van der Waals surface area contributed by atoms with E-state index in [-0.39, 0.29) is 36.5 Å². The Morgan fingerprint density at radius 3 is 2.56 bits per heavy atom. The van der Waals surface area contributed by atoms with Gasteiger partial charge in [0.15, 0.2) is 12.0 Å². The van der Waals surface area contributed by atoms with Gasteiger partial charge in [0.25, 0.3) is 5.91 Å². The molecule has 3 saturated heterocycles. The van der Waals surface area contributed by atoms with E-state index in [2.05, 4.69) is 53.3 Å². The maximum atomic E-state index is 15.2. The fourth-order valence-electron chi connectivity index (χ4n) is 6.13. The second-order valence-electron chi connectivity index (χ2n) is 12.0. The molecule has 5 heterocycles. The third-order valence-corrected chi connectivity index (χ3v) is 8.92. The highest BCUT2D eigenvalue weighted by molar-refractivity contribution is 5.92. The number of hydrogen-bond acceptors (Lipinski definition) is 11. The normalized spacial score (nSPS) is 20.1. The summed E-state index contributed by atoms with van der Waals surface area (Å²) in [6.45, 7) is 5.72. The van der Waals surface area contributed by atoms with Gasteiger partial charge in [0.2, 0.25) is 11.5 Å². The number of aromatic amines is 1. The highest BCUT2D eigenvalue weighted by Crippen LogP contribution is 2.29. The van der Waals surface area contributed by atoms with Crippen LogP contribution in [-0.2, 0) is 4.74 Å². The predicted octanol–water partition coefficient (Wildman–Crippen LogP) is 2.99. The van der Waals surface area contributed by atoms with Gasteiger partial charge in [-0.2, -0.15) is 10.2 Å². The Morgan fingerprint density at radius 1 is 1.04 bits per heavy atom. The second-order valence-corrected chi connectivity index (χ2v) is 12.0. The molecule has 3 aliphatic heterocycles. The van der Waals surface area contributed by atoms with Crippen LogP contribution in [0, 0.1) is 11.3 Å². The van der Waals surface area contributed by atoms with Gasteiger partial charge in [0.05, 0.1) is 31.4 Å². The van der Waals surface area contributed by atoms with Crippen molar-refractivity contribution in [1.82, 2.24) is 29.7 Å². The van der Waals surface area contributed by atoms with E-state index >= 15 is 4.39 Å². The summed E-state index contributed by atoms with van der Waals surface area (Å²) >= 11 is 0. The van der Waals surface area contributed by atoms with E-state index in [1.54, 1.807) is 18.2 Å². The molecule has 2 aromatic heterocycles. The molecule has 246 valence electrons. The number of nitrogens with zero attached hydrogens (tertiary/aromatic N) is 7. The van der Waals surface area contributed by atoms with Crippen molar-refractivity contribution in [3.63, 3.8) is 0 Å². The van der Waals surface area contributed by atoms with Gasteiger partial charge in [-0.3, -0.25) is 14.5 Å². The SMILES string of the molecule is N#Cc1cc(-c2ncnc(Nc3ccc(N4CCN(C5COC5)CC4)cc3)n2)ccc1O[C@H]1CCN(C(=O)c2cccc(=O)[nH]2)C[C@@H]1F. The lowest BCUT2D eigenvalue weighted by Crippen LogP contribution is -2.56. The van der Waals surface area contributed by atoms with Gasteiger partial charge >= 0.3 is 0 Å². The molecule has 2 aromatic carbocycles. The summed E-state index contributed by atoms with van der Waals surface area (Å²) < 4.78 is 26.5. The Balaban J connectivity index is 0.965. The number of carbonyl (C=O) groups excluding carboxylic acids is 1. The molecule has 0 spiro atoms. The van der Waals surface area contributed by atoms with Crippen LogP contribution in [0.2, 0.25) is 0 Å². The van der Waals surface area contributed by atoms with Crippen LogP contribution < -0.4 is 20.5 Å². The van der Waals surface area contributed by atoms with Crippen LogP contribution in [0.4, 0.5) is 21.7 Å². The highest BCUT2D eigenvalue weighted by Gasteiger charge is 2.34. The van der Waals surface area contributed by atoms with Gasteiger partial charge in [0.1, 0.15) is 29.9 Å². The first-order chi connectivity index (χ1) is 23.4. The van der Waals surface area contributed by atoms with Crippen LogP contribution >= 0.6 is 0 Å². The van der Waals surface area contributed by atoms with Crippen molar-refractivity contribution < 1.29 is 18.7 Å². The van der Waals surface area contributed by atoms with E-state index in [0.29, 0.717) is 23.4 Å². The first-order valence-electron chi connectivity index (χ1n) is 15.9. The summed E-state index contributed by atoms with van der Waals surface area (Å²) in [6.07, 6.45) is -0.732. The van der Waals surface area contributed by atoms with E-state index in [1.165, 1.54) is 29.4 Å². The lowest BCUT2D eigenvalue weighted by atomic mass is 10.0. The van der Waals surface area contributed by atoms with Crippen LogP contribution in [0.25, 0.3) is 11.4 Å². The Labute approximate surface area is 276 Å². The Bertz CT molecular complexity index is 1870. The second kappa shape index (κ2) is 13.8. The number of likely N-dealkylation sites (tertiary alicyclic amines) is 1. The monoisotopic (exact) mass is 651 g/mol. The number of amides is 1. The molecule has 2 atom stereocenters. The number of carbonyl (C=O) groups is 1. The number of piperazine rings is 1. The topological polar surface area (TPSA) is 153 Å². The highest BCUT2D eigenvalue weighted by atomic mass is 19.1. The van der Waals surface area contributed by atoms with Crippen molar-refractivity contribution in [2.75, 3.05) is 62.7 Å². The van der Waals surface area contributed by atoms with Gasteiger partial charge < -0.3 is 29.6 Å². The molecule has 0 aliphatic carbocycles. The number of piperidine rings is 1. The van der Waals surface area contributed by atoms with Crippen molar-refractivity contribution in [1.29, 1.82) is 5.26 Å². The summed E-state index contributed by atoms with van der Waals surface area (Å²) in [5, 5.41) is 13.1. The maximum absolute atomic E-state index is 15.2. The smallest absolute Gasteiger partial charge is 0.270 e. The van der Waals surface area contributed by atoms with E-state index in [0.717, 1.165) is 50.8 Å². The lowest BCUT2D eigenvalue weighted by Gasteiger charge is -2.43. The molecule has 0 bridgehead atoms. The summed E-state index contributed by atoms with van der Waals surface area (Å²) in [6, 6.07) is 20.0. The molecule has 48 heavy (non-hydrogen) atoms. The Kier molecular flexibility index (Phi) is 8.95. The first-order valence-corrected chi connectivity index (χ1v) is 15.9. The minimum Gasteiger partial charge on any atom is -0.486 e. The molecule has 0 radical (unpaired) electrons. The minimum atomic E-state index is -1.49. The van der Waals surface area contributed by atoms with Crippen molar-refractivity contribution in [2.45, 2.75) is 24.7 Å². The van der Waals surface area contributed by atoms with Crippen LogP contribution in [-0.4, -0.2) is 106 Å². The van der Waals surface area contributed by atoms with Gasteiger partial charge in [-0.05, 0) is 48.5 Å². The number of nitriles is 1.